The molecular weight excluding hydrogens is 237 g/mol. The first-order valence-electron chi connectivity index (χ1n) is 4.36. The number of carbonyl (C=O) groups is 1. The van der Waals surface area contributed by atoms with E-state index >= 15 is 0 Å². The Labute approximate surface area is 93.7 Å². The Balaban J connectivity index is 0.000000185. The number of aliphatic carboxylic acids is 1. The average molecular weight is 244 g/mol. The first-order chi connectivity index (χ1) is 7.91. The maximum Gasteiger partial charge on any atom is 0.490 e. The largest absolute Gasteiger partial charge is 0.490 e. The van der Waals surface area contributed by atoms with Crippen molar-refractivity contribution in [2.75, 3.05) is 0 Å². The average Bonchev–Trinajstić information content (AvgIpc) is 2.29. The maximum atomic E-state index is 10.6. The van der Waals surface area contributed by atoms with Crippen molar-refractivity contribution in [1.82, 2.24) is 9.97 Å². The zero-order valence-corrected chi connectivity index (χ0v) is 8.35. The van der Waals surface area contributed by atoms with Gasteiger partial charge in [0.1, 0.15) is 6.33 Å². The lowest BCUT2D eigenvalue weighted by molar-refractivity contribution is -0.192. The second kappa shape index (κ2) is 5.24. The van der Waals surface area contributed by atoms with Gasteiger partial charge in [-0.25, -0.2) is 14.8 Å². The molecule has 0 atom stereocenters. The number of nitrogens with zero attached hydrogens (tertiary/aromatic N) is 2. The van der Waals surface area contributed by atoms with Crippen LogP contribution in [0.2, 0.25) is 0 Å². The van der Waals surface area contributed by atoms with Crippen molar-refractivity contribution in [3.05, 3.63) is 36.8 Å². The molecule has 0 fully saturated rings. The lowest BCUT2D eigenvalue weighted by Gasteiger charge is -1.93. The van der Waals surface area contributed by atoms with Crippen molar-refractivity contribution < 1.29 is 23.1 Å². The SMILES string of the molecule is O=C(O)C(F)(F)F.c1ccc2ncncc2c1. The molecule has 1 N–H and O–H groups in total. The van der Waals surface area contributed by atoms with Crippen molar-refractivity contribution >= 4 is 16.9 Å². The third kappa shape index (κ3) is 4.06. The summed E-state index contributed by atoms with van der Waals surface area (Å²) in [6.45, 7) is 0. The van der Waals surface area contributed by atoms with E-state index < -0.39 is 12.1 Å². The van der Waals surface area contributed by atoms with Crippen LogP contribution in [0.1, 0.15) is 0 Å². The van der Waals surface area contributed by atoms with E-state index in [1.807, 2.05) is 30.5 Å². The van der Waals surface area contributed by atoms with Crippen LogP contribution in [0.4, 0.5) is 13.2 Å². The van der Waals surface area contributed by atoms with Crippen LogP contribution in [-0.2, 0) is 4.79 Å². The van der Waals surface area contributed by atoms with Gasteiger partial charge in [0.2, 0.25) is 0 Å². The lowest BCUT2D eigenvalue weighted by atomic mass is 10.2. The second-order valence-electron chi connectivity index (χ2n) is 2.88. The van der Waals surface area contributed by atoms with E-state index in [1.165, 1.54) is 0 Å². The number of para-hydroxylation sites is 1. The van der Waals surface area contributed by atoms with Gasteiger partial charge in [-0.2, -0.15) is 13.2 Å². The fourth-order valence-electron chi connectivity index (χ4n) is 0.923. The number of aromatic nitrogens is 2. The minimum absolute atomic E-state index is 0.998. The molecule has 1 aromatic heterocycles. The molecule has 4 nitrogen and oxygen atoms in total. The molecule has 0 amide bonds. The van der Waals surface area contributed by atoms with E-state index in [1.54, 1.807) is 6.33 Å². The van der Waals surface area contributed by atoms with Crippen LogP contribution in [0, 0.1) is 0 Å². The molecule has 0 spiro atoms. The number of alkyl halides is 3. The summed E-state index contributed by atoms with van der Waals surface area (Å²) < 4.78 is 31.7. The van der Waals surface area contributed by atoms with Crippen molar-refractivity contribution in [2.24, 2.45) is 0 Å². The first kappa shape index (κ1) is 12.9. The molecule has 7 heteroatoms. The Morgan fingerprint density at radius 3 is 2.35 bits per heavy atom. The summed E-state index contributed by atoms with van der Waals surface area (Å²) >= 11 is 0. The highest BCUT2D eigenvalue weighted by Gasteiger charge is 2.38. The molecule has 1 aromatic carbocycles. The summed E-state index contributed by atoms with van der Waals surface area (Å²) in [6, 6.07) is 7.91. The summed E-state index contributed by atoms with van der Waals surface area (Å²) in [5.74, 6) is -2.76. The van der Waals surface area contributed by atoms with E-state index in [0.29, 0.717) is 0 Å². The monoisotopic (exact) mass is 244 g/mol. The standard InChI is InChI=1S/C8H6N2.C2HF3O2/c1-2-4-8-7(3-1)5-9-6-10-8;3-2(4,5)1(6)7/h1-6H;(H,6,7). The number of benzene rings is 1. The number of halogens is 3. The third-order valence-corrected chi connectivity index (χ3v) is 1.66. The number of hydrogen-bond acceptors (Lipinski definition) is 3. The molecule has 90 valence electrons. The molecular formula is C10H7F3N2O2. The summed E-state index contributed by atoms with van der Waals surface area (Å²) in [7, 11) is 0. The molecule has 0 bridgehead atoms. The van der Waals surface area contributed by atoms with Gasteiger partial charge in [0.15, 0.2) is 0 Å². The van der Waals surface area contributed by atoms with Gasteiger partial charge in [0.25, 0.3) is 0 Å². The lowest BCUT2D eigenvalue weighted by Crippen LogP contribution is -2.21. The molecule has 0 radical (unpaired) electrons. The van der Waals surface area contributed by atoms with E-state index in [9.17, 15) is 13.2 Å². The fourth-order valence-corrected chi connectivity index (χ4v) is 0.923. The molecule has 0 unspecified atom stereocenters. The molecule has 0 aliphatic carbocycles. The Hall–Kier alpha value is -2.18. The van der Waals surface area contributed by atoms with Gasteiger partial charge in [-0.05, 0) is 6.07 Å². The highest BCUT2D eigenvalue weighted by molar-refractivity contribution is 5.76. The van der Waals surface area contributed by atoms with E-state index in [0.717, 1.165) is 10.9 Å². The summed E-state index contributed by atoms with van der Waals surface area (Å²) in [5, 5.41) is 8.21. The van der Waals surface area contributed by atoms with Gasteiger partial charge >= 0.3 is 12.1 Å². The highest BCUT2D eigenvalue weighted by Crippen LogP contribution is 2.13. The van der Waals surface area contributed by atoms with Crippen LogP contribution in [0.3, 0.4) is 0 Å². The summed E-state index contributed by atoms with van der Waals surface area (Å²) in [6.07, 6.45) is -1.72. The number of carboxylic acid groups (broad SMARTS) is 1. The Morgan fingerprint density at radius 2 is 1.82 bits per heavy atom. The maximum absolute atomic E-state index is 10.6. The predicted molar refractivity (Wildman–Crippen MR) is 53.2 cm³/mol. The molecule has 0 saturated carbocycles. The van der Waals surface area contributed by atoms with Gasteiger partial charge in [0.05, 0.1) is 5.52 Å². The van der Waals surface area contributed by atoms with Gasteiger partial charge < -0.3 is 5.11 Å². The van der Waals surface area contributed by atoms with E-state index in [-0.39, 0.29) is 0 Å². The van der Waals surface area contributed by atoms with Crippen LogP contribution in [0.5, 0.6) is 0 Å². The van der Waals surface area contributed by atoms with E-state index in [4.69, 9.17) is 9.90 Å². The summed E-state index contributed by atoms with van der Waals surface area (Å²) in [4.78, 5) is 16.9. The van der Waals surface area contributed by atoms with Gasteiger partial charge in [-0.1, -0.05) is 18.2 Å². The zero-order chi connectivity index (χ0) is 12.9. The van der Waals surface area contributed by atoms with Crippen molar-refractivity contribution in [1.29, 1.82) is 0 Å². The minimum atomic E-state index is -5.08. The normalized spacial score (nSPS) is 10.5. The minimum Gasteiger partial charge on any atom is -0.475 e. The quantitative estimate of drug-likeness (QED) is 0.772. The second-order valence-corrected chi connectivity index (χ2v) is 2.88. The highest BCUT2D eigenvalue weighted by atomic mass is 19.4. The Kier molecular flexibility index (Phi) is 3.97. The molecule has 0 aliphatic rings. The Bertz CT molecular complexity index is 449. The molecule has 0 aliphatic heterocycles. The molecule has 17 heavy (non-hydrogen) atoms. The van der Waals surface area contributed by atoms with Crippen LogP contribution in [-0.4, -0.2) is 27.2 Å². The molecule has 0 saturated heterocycles. The van der Waals surface area contributed by atoms with Crippen molar-refractivity contribution in [2.45, 2.75) is 6.18 Å². The van der Waals surface area contributed by atoms with Crippen LogP contribution in [0.15, 0.2) is 36.8 Å². The van der Waals surface area contributed by atoms with E-state index in [2.05, 4.69) is 9.97 Å². The number of rotatable bonds is 0. The smallest absolute Gasteiger partial charge is 0.475 e. The first-order valence-corrected chi connectivity index (χ1v) is 4.36. The number of fused-ring (bicyclic) bond motifs is 1. The van der Waals surface area contributed by atoms with Crippen LogP contribution in [0.25, 0.3) is 10.9 Å². The predicted octanol–water partition coefficient (Wildman–Crippen LogP) is 2.26. The Morgan fingerprint density at radius 1 is 1.24 bits per heavy atom. The molecule has 2 aromatic rings. The number of carboxylic acids is 1. The topological polar surface area (TPSA) is 63.1 Å². The summed E-state index contributed by atoms with van der Waals surface area (Å²) in [5.41, 5.74) is 0.998. The van der Waals surface area contributed by atoms with Gasteiger partial charge in [0, 0.05) is 11.6 Å². The molecule has 2 rings (SSSR count). The number of hydrogen-bond donors (Lipinski definition) is 1. The fraction of sp³-hybridized carbons (Fsp3) is 0.100. The van der Waals surface area contributed by atoms with Crippen LogP contribution < -0.4 is 0 Å². The van der Waals surface area contributed by atoms with Crippen molar-refractivity contribution in [3.63, 3.8) is 0 Å². The third-order valence-electron chi connectivity index (χ3n) is 1.66. The molecule has 1 heterocycles. The van der Waals surface area contributed by atoms with Gasteiger partial charge in [-0.15, -0.1) is 0 Å². The van der Waals surface area contributed by atoms with Crippen molar-refractivity contribution in [3.8, 4) is 0 Å². The van der Waals surface area contributed by atoms with Gasteiger partial charge in [-0.3, -0.25) is 0 Å². The van der Waals surface area contributed by atoms with Crippen LogP contribution >= 0.6 is 0 Å². The zero-order valence-electron chi connectivity index (χ0n) is 8.35.